The van der Waals surface area contributed by atoms with Crippen LogP contribution in [-0.2, 0) is 17.8 Å². The smallest absolute Gasteiger partial charge is 0.260 e. The summed E-state index contributed by atoms with van der Waals surface area (Å²) in [5.41, 5.74) is 1.18. The molecule has 0 spiro atoms. The van der Waals surface area contributed by atoms with E-state index in [4.69, 9.17) is 4.74 Å². The van der Waals surface area contributed by atoms with Crippen molar-refractivity contribution in [1.29, 1.82) is 0 Å². The molecule has 1 amide bonds. The van der Waals surface area contributed by atoms with Crippen LogP contribution in [-0.4, -0.2) is 45.3 Å². The van der Waals surface area contributed by atoms with Gasteiger partial charge in [-0.15, -0.1) is 10.2 Å². The molecule has 0 unspecified atom stereocenters. The second-order valence-corrected chi connectivity index (χ2v) is 7.69. The normalized spacial score (nSPS) is 18.0. The Kier molecular flexibility index (Phi) is 5.41. The minimum absolute atomic E-state index is 0.0640. The Hall–Kier alpha value is -2.37. The number of benzene rings is 1. The van der Waals surface area contributed by atoms with E-state index in [1.807, 2.05) is 36.1 Å². The Morgan fingerprint density at radius 1 is 1.07 bits per heavy atom. The maximum Gasteiger partial charge on any atom is 0.260 e. The molecule has 1 fully saturated rings. The van der Waals surface area contributed by atoms with Crippen molar-refractivity contribution in [3.63, 3.8) is 0 Å². The standard InChI is InChI=1S/C21H28N4O2/c1-16-6-8-18(9-7-16)27-15-20(26)24-13-10-17(11-14-24)21-23-22-19-5-3-2-4-12-25(19)21/h6-9,17H,2-5,10-15H2,1H3. The van der Waals surface area contributed by atoms with E-state index in [-0.39, 0.29) is 12.5 Å². The molecule has 6 nitrogen and oxygen atoms in total. The zero-order chi connectivity index (χ0) is 18.6. The molecule has 3 heterocycles. The molecule has 2 aromatic rings. The molecule has 6 heteroatoms. The van der Waals surface area contributed by atoms with E-state index in [1.165, 1.54) is 24.8 Å². The average Bonchev–Trinajstić information content (AvgIpc) is 2.95. The quantitative estimate of drug-likeness (QED) is 0.832. The number of hydrogen-bond donors (Lipinski definition) is 0. The van der Waals surface area contributed by atoms with Gasteiger partial charge in [0.15, 0.2) is 6.61 Å². The molecule has 144 valence electrons. The molecule has 0 radical (unpaired) electrons. The van der Waals surface area contributed by atoms with Crippen LogP contribution in [0.15, 0.2) is 24.3 Å². The largest absolute Gasteiger partial charge is 0.484 e. The zero-order valence-corrected chi connectivity index (χ0v) is 16.1. The third-order valence-corrected chi connectivity index (χ3v) is 5.73. The summed E-state index contributed by atoms with van der Waals surface area (Å²) in [4.78, 5) is 14.4. The summed E-state index contributed by atoms with van der Waals surface area (Å²) >= 11 is 0. The van der Waals surface area contributed by atoms with Crippen LogP contribution in [0.4, 0.5) is 0 Å². The van der Waals surface area contributed by atoms with E-state index in [0.717, 1.165) is 56.3 Å². The first-order valence-electron chi connectivity index (χ1n) is 10.1. The van der Waals surface area contributed by atoms with Crippen molar-refractivity contribution in [1.82, 2.24) is 19.7 Å². The summed E-state index contributed by atoms with van der Waals surface area (Å²) in [6.07, 6.45) is 6.65. The van der Waals surface area contributed by atoms with Crippen LogP contribution in [0.2, 0.25) is 0 Å². The van der Waals surface area contributed by atoms with E-state index in [0.29, 0.717) is 5.92 Å². The molecule has 4 rings (SSSR count). The van der Waals surface area contributed by atoms with Gasteiger partial charge in [-0.05, 0) is 44.7 Å². The lowest BCUT2D eigenvalue weighted by Gasteiger charge is -2.31. The second-order valence-electron chi connectivity index (χ2n) is 7.69. The Balaban J connectivity index is 1.30. The Morgan fingerprint density at radius 2 is 1.85 bits per heavy atom. The summed E-state index contributed by atoms with van der Waals surface area (Å²) in [5.74, 6) is 3.50. The van der Waals surface area contributed by atoms with Crippen molar-refractivity contribution in [2.45, 2.75) is 57.9 Å². The lowest BCUT2D eigenvalue weighted by atomic mass is 9.95. The number of fused-ring (bicyclic) bond motifs is 1. The van der Waals surface area contributed by atoms with E-state index in [9.17, 15) is 4.79 Å². The molecule has 1 saturated heterocycles. The molecule has 0 bridgehead atoms. The number of carbonyl (C=O) groups excluding carboxylic acids is 1. The molecular weight excluding hydrogens is 340 g/mol. The fourth-order valence-corrected chi connectivity index (χ4v) is 4.07. The van der Waals surface area contributed by atoms with Gasteiger partial charge in [0.1, 0.15) is 17.4 Å². The number of likely N-dealkylation sites (tertiary alicyclic amines) is 1. The number of aromatic nitrogens is 3. The van der Waals surface area contributed by atoms with Gasteiger partial charge in [-0.3, -0.25) is 4.79 Å². The molecule has 1 aromatic heterocycles. The monoisotopic (exact) mass is 368 g/mol. The first-order chi connectivity index (χ1) is 13.2. The maximum atomic E-state index is 12.5. The highest BCUT2D eigenvalue weighted by molar-refractivity contribution is 5.77. The van der Waals surface area contributed by atoms with Crippen molar-refractivity contribution in [2.24, 2.45) is 0 Å². The Bertz CT molecular complexity index is 776. The van der Waals surface area contributed by atoms with E-state index < -0.39 is 0 Å². The van der Waals surface area contributed by atoms with Crippen LogP contribution in [0.25, 0.3) is 0 Å². The molecule has 27 heavy (non-hydrogen) atoms. The van der Waals surface area contributed by atoms with Crippen molar-refractivity contribution >= 4 is 5.91 Å². The molecule has 0 N–H and O–H groups in total. The van der Waals surface area contributed by atoms with Gasteiger partial charge in [0.05, 0.1) is 0 Å². The summed E-state index contributed by atoms with van der Waals surface area (Å²) in [7, 11) is 0. The van der Waals surface area contributed by atoms with Crippen LogP contribution in [0, 0.1) is 6.92 Å². The van der Waals surface area contributed by atoms with Crippen LogP contribution >= 0.6 is 0 Å². The van der Waals surface area contributed by atoms with Crippen LogP contribution < -0.4 is 4.74 Å². The first kappa shape index (κ1) is 18.0. The highest BCUT2D eigenvalue weighted by atomic mass is 16.5. The number of amides is 1. The minimum atomic E-state index is 0.0640. The minimum Gasteiger partial charge on any atom is -0.484 e. The van der Waals surface area contributed by atoms with Crippen molar-refractivity contribution in [3.05, 3.63) is 41.5 Å². The van der Waals surface area contributed by atoms with Gasteiger partial charge in [0.25, 0.3) is 5.91 Å². The molecular formula is C21H28N4O2. The predicted octanol–water partition coefficient (Wildman–Crippen LogP) is 3.10. The number of ether oxygens (including phenoxy) is 1. The number of nitrogens with zero attached hydrogens (tertiary/aromatic N) is 4. The molecule has 2 aliphatic rings. The number of rotatable bonds is 4. The summed E-state index contributed by atoms with van der Waals surface area (Å²) in [6, 6.07) is 7.80. The zero-order valence-electron chi connectivity index (χ0n) is 16.1. The third kappa shape index (κ3) is 4.15. The first-order valence-corrected chi connectivity index (χ1v) is 10.1. The summed E-state index contributed by atoms with van der Waals surface area (Å²) in [6.45, 7) is 4.72. The fourth-order valence-electron chi connectivity index (χ4n) is 4.07. The van der Waals surface area contributed by atoms with Gasteiger partial charge in [0, 0.05) is 32.0 Å². The molecule has 0 atom stereocenters. The van der Waals surface area contributed by atoms with Crippen molar-refractivity contribution < 1.29 is 9.53 Å². The van der Waals surface area contributed by atoms with Crippen molar-refractivity contribution in [2.75, 3.05) is 19.7 Å². The van der Waals surface area contributed by atoms with Gasteiger partial charge < -0.3 is 14.2 Å². The average molecular weight is 368 g/mol. The Labute approximate surface area is 160 Å². The van der Waals surface area contributed by atoms with Gasteiger partial charge in [-0.1, -0.05) is 24.1 Å². The van der Waals surface area contributed by atoms with Crippen molar-refractivity contribution in [3.8, 4) is 5.75 Å². The number of carbonyl (C=O) groups is 1. The molecule has 1 aromatic carbocycles. The number of piperidine rings is 1. The maximum absolute atomic E-state index is 12.5. The van der Waals surface area contributed by atoms with Gasteiger partial charge in [0.2, 0.25) is 0 Å². The lowest BCUT2D eigenvalue weighted by molar-refractivity contribution is -0.134. The fraction of sp³-hybridized carbons (Fsp3) is 0.571. The van der Waals surface area contributed by atoms with Crippen LogP contribution in [0.1, 0.15) is 55.2 Å². The van der Waals surface area contributed by atoms with E-state index >= 15 is 0 Å². The number of aryl methyl sites for hydroxylation is 2. The van der Waals surface area contributed by atoms with Crippen LogP contribution in [0.3, 0.4) is 0 Å². The van der Waals surface area contributed by atoms with Gasteiger partial charge in [-0.2, -0.15) is 0 Å². The SMILES string of the molecule is Cc1ccc(OCC(=O)N2CCC(c3nnc4n3CCCCC4)CC2)cc1. The van der Waals surface area contributed by atoms with E-state index in [2.05, 4.69) is 14.8 Å². The molecule has 0 aliphatic carbocycles. The molecule has 0 saturated carbocycles. The topological polar surface area (TPSA) is 60.2 Å². The summed E-state index contributed by atoms with van der Waals surface area (Å²) < 4.78 is 7.99. The highest BCUT2D eigenvalue weighted by Gasteiger charge is 2.28. The van der Waals surface area contributed by atoms with Gasteiger partial charge in [-0.25, -0.2) is 0 Å². The van der Waals surface area contributed by atoms with Crippen LogP contribution in [0.5, 0.6) is 5.75 Å². The summed E-state index contributed by atoms with van der Waals surface area (Å²) in [5, 5.41) is 8.93. The third-order valence-electron chi connectivity index (χ3n) is 5.73. The highest BCUT2D eigenvalue weighted by Crippen LogP contribution is 2.29. The Morgan fingerprint density at radius 3 is 2.63 bits per heavy atom. The van der Waals surface area contributed by atoms with Gasteiger partial charge >= 0.3 is 0 Å². The number of hydrogen-bond acceptors (Lipinski definition) is 4. The second kappa shape index (κ2) is 8.11. The molecule has 2 aliphatic heterocycles. The predicted molar refractivity (Wildman–Crippen MR) is 103 cm³/mol. The van der Waals surface area contributed by atoms with E-state index in [1.54, 1.807) is 0 Å². The lowest BCUT2D eigenvalue weighted by Crippen LogP contribution is -2.40.